The molecule has 0 bridgehead atoms. The summed E-state index contributed by atoms with van der Waals surface area (Å²) in [5, 5.41) is 0. The third-order valence-corrected chi connectivity index (χ3v) is 1.46. The first-order valence-electron chi connectivity index (χ1n) is 3.58. The monoisotopic (exact) mass is 158 g/mol. The second-order valence-corrected chi connectivity index (χ2v) is 2.58. The molecular weight excluding hydrogens is 144 g/mol. The van der Waals surface area contributed by atoms with E-state index in [1.54, 1.807) is 0 Å². The molecule has 0 aliphatic heterocycles. The standard InChI is InChI=1S/C7H14N2O2/c1-5(10)6(8)3-2-4-7(9)11/h6H,2-4,8H2,1H3,(H2,9,11)/t6-/m0/s1. The average molecular weight is 158 g/mol. The summed E-state index contributed by atoms with van der Waals surface area (Å²) in [4.78, 5) is 20.8. The van der Waals surface area contributed by atoms with Gasteiger partial charge >= 0.3 is 0 Å². The largest absolute Gasteiger partial charge is 0.370 e. The predicted molar refractivity (Wildman–Crippen MR) is 41.7 cm³/mol. The number of hydrogen-bond acceptors (Lipinski definition) is 3. The Kier molecular flexibility index (Phi) is 4.45. The lowest BCUT2D eigenvalue weighted by Crippen LogP contribution is -2.28. The van der Waals surface area contributed by atoms with Crippen molar-refractivity contribution in [3.8, 4) is 0 Å². The van der Waals surface area contributed by atoms with Crippen molar-refractivity contribution < 1.29 is 9.59 Å². The number of carbonyl (C=O) groups excluding carboxylic acids is 2. The van der Waals surface area contributed by atoms with Crippen LogP contribution in [-0.2, 0) is 9.59 Å². The third-order valence-electron chi connectivity index (χ3n) is 1.46. The van der Waals surface area contributed by atoms with E-state index in [0.29, 0.717) is 19.3 Å². The lowest BCUT2D eigenvalue weighted by atomic mass is 10.1. The summed E-state index contributed by atoms with van der Waals surface area (Å²) in [5.41, 5.74) is 10.3. The minimum Gasteiger partial charge on any atom is -0.370 e. The molecular formula is C7H14N2O2. The maximum Gasteiger partial charge on any atom is 0.217 e. The van der Waals surface area contributed by atoms with Gasteiger partial charge in [0.25, 0.3) is 0 Å². The van der Waals surface area contributed by atoms with Gasteiger partial charge in [-0.1, -0.05) is 0 Å². The maximum atomic E-state index is 10.6. The Labute approximate surface area is 65.9 Å². The van der Waals surface area contributed by atoms with Crippen LogP contribution in [0.25, 0.3) is 0 Å². The highest BCUT2D eigenvalue weighted by molar-refractivity contribution is 5.81. The summed E-state index contributed by atoms with van der Waals surface area (Å²) in [7, 11) is 0. The first kappa shape index (κ1) is 10.1. The molecule has 4 N–H and O–H groups in total. The molecule has 0 aromatic heterocycles. The van der Waals surface area contributed by atoms with Crippen LogP contribution in [0.5, 0.6) is 0 Å². The van der Waals surface area contributed by atoms with Crippen molar-refractivity contribution in [2.45, 2.75) is 32.2 Å². The van der Waals surface area contributed by atoms with Gasteiger partial charge in [0.1, 0.15) is 5.78 Å². The molecule has 0 rings (SSSR count). The summed E-state index contributed by atoms with van der Waals surface area (Å²) in [6.07, 6.45) is 1.44. The Balaban J connectivity index is 3.39. The van der Waals surface area contributed by atoms with Crippen molar-refractivity contribution >= 4 is 11.7 Å². The molecule has 0 aromatic carbocycles. The van der Waals surface area contributed by atoms with Gasteiger partial charge in [-0.15, -0.1) is 0 Å². The van der Waals surface area contributed by atoms with Gasteiger partial charge in [0.15, 0.2) is 0 Å². The van der Waals surface area contributed by atoms with Crippen LogP contribution in [-0.4, -0.2) is 17.7 Å². The first-order valence-corrected chi connectivity index (χ1v) is 3.58. The summed E-state index contributed by atoms with van der Waals surface area (Å²) < 4.78 is 0. The summed E-state index contributed by atoms with van der Waals surface area (Å²) in [6, 6.07) is -0.436. The van der Waals surface area contributed by atoms with Crippen molar-refractivity contribution in [1.29, 1.82) is 0 Å². The van der Waals surface area contributed by atoms with Crippen LogP contribution >= 0.6 is 0 Å². The van der Waals surface area contributed by atoms with Crippen LogP contribution in [0.3, 0.4) is 0 Å². The Morgan fingerprint density at radius 3 is 2.36 bits per heavy atom. The lowest BCUT2D eigenvalue weighted by molar-refractivity contribution is -0.120. The van der Waals surface area contributed by atoms with E-state index in [1.165, 1.54) is 6.92 Å². The van der Waals surface area contributed by atoms with Crippen LogP contribution in [0.2, 0.25) is 0 Å². The number of ketones is 1. The zero-order valence-electron chi connectivity index (χ0n) is 6.67. The highest BCUT2D eigenvalue weighted by Gasteiger charge is 2.07. The van der Waals surface area contributed by atoms with E-state index in [2.05, 4.69) is 0 Å². The van der Waals surface area contributed by atoms with Crippen LogP contribution in [0.1, 0.15) is 26.2 Å². The molecule has 4 heteroatoms. The van der Waals surface area contributed by atoms with Crippen molar-refractivity contribution in [3.63, 3.8) is 0 Å². The smallest absolute Gasteiger partial charge is 0.217 e. The minimum atomic E-state index is -0.436. The van der Waals surface area contributed by atoms with E-state index >= 15 is 0 Å². The summed E-state index contributed by atoms with van der Waals surface area (Å²) in [5.74, 6) is -0.393. The SMILES string of the molecule is CC(=O)[C@@H](N)CCCC(N)=O. The number of carbonyl (C=O) groups is 2. The molecule has 0 aliphatic carbocycles. The van der Waals surface area contributed by atoms with Gasteiger partial charge in [0.2, 0.25) is 5.91 Å². The second kappa shape index (κ2) is 4.85. The topological polar surface area (TPSA) is 86.2 Å². The fourth-order valence-electron chi connectivity index (χ4n) is 0.699. The van der Waals surface area contributed by atoms with Crippen molar-refractivity contribution in [2.24, 2.45) is 11.5 Å². The van der Waals surface area contributed by atoms with Crippen molar-refractivity contribution in [3.05, 3.63) is 0 Å². The fraction of sp³-hybridized carbons (Fsp3) is 0.714. The number of nitrogens with two attached hydrogens (primary N) is 2. The molecule has 0 unspecified atom stereocenters. The van der Waals surface area contributed by atoms with Gasteiger partial charge in [0.05, 0.1) is 6.04 Å². The Hall–Kier alpha value is -0.900. The molecule has 1 amide bonds. The van der Waals surface area contributed by atoms with Crippen LogP contribution in [0, 0.1) is 0 Å². The molecule has 0 fully saturated rings. The molecule has 64 valence electrons. The Morgan fingerprint density at radius 2 is 2.00 bits per heavy atom. The molecule has 0 radical (unpaired) electrons. The van der Waals surface area contributed by atoms with E-state index < -0.39 is 6.04 Å². The molecule has 0 heterocycles. The van der Waals surface area contributed by atoms with E-state index in [1.807, 2.05) is 0 Å². The normalized spacial score (nSPS) is 12.5. The highest BCUT2D eigenvalue weighted by Crippen LogP contribution is 1.98. The van der Waals surface area contributed by atoms with Crippen molar-refractivity contribution in [2.75, 3.05) is 0 Å². The zero-order chi connectivity index (χ0) is 8.85. The number of Topliss-reactive ketones (excluding diaryl/α,β-unsaturated/α-hetero) is 1. The molecule has 0 saturated heterocycles. The van der Waals surface area contributed by atoms with Crippen LogP contribution in [0.4, 0.5) is 0 Å². The van der Waals surface area contributed by atoms with E-state index in [4.69, 9.17) is 11.5 Å². The number of amides is 1. The predicted octanol–water partition coefficient (Wildman–Crippen LogP) is -0.442. The van der Waals surface area contributed by atoms with Gasteiger partial charge in [-0.3, -0.25) is 9.59 Å². The number of primary amides is 1. The van der Waals surface area contributed by atoms with E-state index in [0.717, 1.165) is 0 Å². The number of hydrogen-bond donors (Lipinski definition) is 2. The number of rotatable bonds is 5. The molecule has 0 spiro atoms. The van der Waals surface area contributed by atoms with Gasteiger partial charge in [0, 0.05) is 6.42 Å². The first-order chi connectivity index (χ1) is 5.04. The van der Waals surface area contributed by atoms with Gasteiger partial charge in [-0.05, 0) is 19.8 Å². The summed E-state index contributed by atoms with van der Waals surface area (Å²) in [6.45, 7) is 1.44. The van der Waals surface area contributed by atoms with Gasteiger partial charge in [-0.2, -0.15) is 0 Å². The Bertz CT molecular complexity index is 157. The quantitative estimate of drug-likeness (QED) is 0.568. The molecule has 0 aromatic rings. The van der Waals surface area contributed by atoms with Gasteiger partial charge < -0.3 is 11.5 Å². The van der Waals surface area contributed by atoms with E-state index in [-0.39, 0.29) is 11.7 Å². The lowest BCUT2D eigenvalue weighted by Gasteiger charge is -2.04. The Morgan fingerprint density at radius 1 is 1.45 bits per heavy atom. The maximum absolute atomic E-state index is 10.6. The molecule has 0 saturated carbocycles. The molecule has 11 heavy (non-hydrogen) atoms. The molecule has 1 atom stereocenters. The molecule has 0 aliphatic rings. The summed E-state index contributed by atoms with van der Waals surface area (Å²) >= 11 is 0. The average Bonchev–Trinajstić information content (AvgIpc) is 1.86. The highest BCUT2D eigenvalue weighted by atomic mass is 16.1. The van der Waals surface area contributed by atoms with Crippen LogP contribution < -0.4 is 11.5 Å². The fourth-order valence-corrected chi connectivity index (χ4v) is 0.699. The minimum absolute atomic E-state index is 0.0468. The van der Waals surface area contributed by atoms with Gasteiger partial charge in [-0.25, -0.2) is 0 Å². The van der Waals surface area contributed by atoms with Crippen molar-refractivity contribution in [1.82, 2.24) is 0 Å². The van der Waals surface area contributed by atoms with E-state index in [9.17, 15) is 9.59 Å². The van der Waals surface area contributed by atoms with Crippen LogP contribution in [0.15, 0.2) is 0 Å². The zero-order valence-corrected chi connectivity index (χ0v) is 6.67. The molecule has 4 nitrogen and oxygen atoms in total. The third kappa shape index (κ3) is 5.54. The second-order valence-electron chi connectivity index (χ2n) is 2.58.